The first-order valence-electron chi connectivity index (χ1n) is 9.81. The van der Waals surface area contributed by atoms with Crippen LogP contribution in [0.4, 0.5) is 0 Å². The SMILES string of the molecule is CC(C)(C)CC(C)(C)C(=O)OCCCCOC(=O)C(C)(C)CC(C)(C)C. The molecule has 0 atom stereocenters. The Balaban J connectivity index is 4.11. The van der Waals surface area contributed by atoms with Crippen molar-refractivity contribution in [2.75, 3.05) is 13.2 Å². The summed E-state index contributed by atoms with van der Waals surface area (Å²) in [6, 6.07) is 0. The highest BCUT2D eigenvalue weighted by atomic mass is 16.5. The summed E-state index contributed by atoms with van der Waals surface area (Å²) in [5.41, 5.74) is -0.809. The summed E-state index contributed by atoms with van der Waals surface area (Å²) in [5, 5.41) is 0. The second kappa shape index (κ2) is 9.23. The average Bonchev–Trinajstić information content (AvgIpc) is 2.36. The molecule has 0 spiro atoms. The second-order valence-corrected chi connectivity index (χ2v) is 11.2. The van der Waals surface area contributed by atoms with E-state index in [0.29, 0.717) is 26.1 Å². The Labute approximate surface area is 161 Å². The molecule has 0 rings (SSSR count). The minimum Gasteiger partial charge on any atom is -0.465 e. The number of rotatable bonds is 9. The Hall–Kier alpha value is -1.06. The van der Waals surface area contributed by atoms with Crippen LogP contribution in [-0.2, 0) is 19.1 Å². The molecule has 0 aliphatic rings. The van der Waals surface area contributed by atoms with Crippen LogP contribution in [0.25, 0.3) is 0 Å². The van der Waals surface area contributed by atoms with Crippen molar-refractivity contribution in [3.05, 3.63) is 0 Å². The van der Waals surface area contributed by atoms with Gasteiger partial charge in [0.05, 0.1) is 24.0 Å². The minimum absolute atomic E-state index is 0.0799. The first-order valence-corrected chi connectivity index (χ1v) is 9.81. The van der Waals surface area contributed by atoms with Gasteiger partial charge in [0, 0.05) is 0 Å². The highest BCUT2D eigenvalue weighted by molar-refractivity contribution is 5.76. The summed E-state index contributed by atoms with van der Waals surface area (Å²) in [6.07, 6.45) is 2.95. The van der Waals surface area contributed by atoms with Crippen molar-refractivity contribution >= 4 is 11.9 Å². The summed E-state index contributed by atoms with van der Waals surface area (Å²) in [7, 11) is 0. The van der Waals surface area contributed by atoms with Gasteiger partial charge in [-0.1, -0.05) is 41.5 Å². The van der Waals surface area contributed by atoms with Gasteiger partial charge in [-0.15, -0.1) is 0 Å². The molecule has 4 heteroatoms. The first kappa shape index (κ1) is 24.9. The lowest BCUT2D eigenvalue weighted by atomic mass is 9.76. The molecule has 0 saturated heterocycles. The van der Waals surface area contributed by atoms with Crippen LogP contribution in [0.5, 0.6) is 0 Å². The lowest BCUT2D eigenvalue weighted by Gasteiger charge is -2.30. The van der Waals surface area contributed by atoms with Gasteiger partial charge < -0.3 is 9.47 Å². The molecule has 0 radical (unpaired) electrons. The standard InChI is InChI=1S/C22H42O4/c1-19(2,3)15-21(7,8)17(23)25-13-11-12-14-26-18(24)22(9,10)16-20(4,5)6/h11-16H2,1-10H3. The van der Waals surface area contributed by atoms with Gasteiger partial charge in [-0.25, -0.2) is 0 Å². The molecule has 0 aromatic heterocycles. The van der Waals surface area contributed by atoms with Crippen LogP contribution in [0.2, 0.25) is 0 Å². The number of hydrogen-bond acceptors (Lipinski definition) is 4. The van der Waals surface area contributed by atoms with E-state index in [1.807, 2.05) is 27.7 Å². The molecule has 0 unspecified atom stereocenters. The predicted molar refractivity (Wildman–Crippen MR) is 107 cm³/mol. The lowest BCUT2D eigenvalue weighted by Crippen LogP contribution is -2.32. The fraction of sp³-hybridized carbons (Fsp3) is 0.909. The van der Waals surface area contributed by atoms with Gasteiger partial charge in [-0.2, -0.15) is 0 Å². The topological polar surface area (TPSA) is 52.6 Å². The average molecular weight is 371 g/mol. The lowest BCUT2D eigenvalue weighted by molar-refractivity contribution is -0.158. The number of carbonyl (C=O) groups is 2. The molecule has 0 N–H and O–H groups in total. The van der Waals surface area contributed by atoms with Crippen molar-refractivity contribution in [3.63, 3.8) is 0 Å². The maximum absolute atomic E-state index is 12.2. The second-order valence-electron chi connectivity index (χ2n) is 11.2. The van der Waals surface area contributed by atoms with E-state index in [1.54, 1.807) is 0 Å². The summed E-state index contributed by atoms with van der Waals surface area (Å²) in [4.78, 5) is 24.5. The van der Waals surface area contributed by atoms with Crippen LogP contribution < -0.4 is 0 Å². The third-order valence-corrected chi connectivity index (χ3v) is 4.05. The highest BCUT2D eigenvalue weighted by Crippen LogP contribution is 2.35. The van der Waals surface area contributed by atoms with Crippen molar-refractivity contribution in [1.29, 1.82) is 0 Å². The van der Waals surface area contributed by atoms with Gasteiger partial charge in [0.15, 0.2) is 0 Å². The maximum Gasteiger partial charge on any atom is 0.311 e. The summed E-state index contributed by atoms with van der Waals surface area (Å²) in [5.74, 6) is -0.313. The van der Waals surface area contributed by atoms with Crippen molar-refractivity contribution in [2.24, 2.45) is 21.7 Å². The van der Waals surface area contributed by atoms with Gasteiger partial charge in [-0.3, -0.25) is 9.59 Å². The molecule has 0 amide bonds. The molecule has 0 heterocycles. The zero-order valence-corrected chi connectivity index (χ0v) is 18.9. The molecule has 0 aliphatic heterocycles. The fourth-order valence-electron chi connectivity index (χ4n) is 3.72. The molecule has 26 heavy (non-hydrogen) atoms. The monoisotopic (exact) mass is 370 g/mol. The number of hydrogen-bond donors (Lipinski definition) is 0. The Morgan fingerprint density at radius 2 is 0.846 bits per heavy atom. The number of esters is 2. The third kappa shape index (κ3) is 10.8. The van der Waals surface area contributed by atoms with E-state index in [1.165, 1.54) is 0 Å². The predicted octanol–water partition coefficient (Wildman–Crippen LogP) is 5.78. The molecular weight excluding hydrogens is 328 g/mol. The van der Waals surface area contributed by atoms with E-state index in [-0.39, 0.29) is 22.8 Å². The van der Waals surface area contributed by atoms with Crippen LogP contribution in [-0.4, -0.2) is 25.2 Å². The summed E-state index contributed by atoms with van der Waals surface area (Å²) in [6.45, 7) is 21.2. The smallest absolute Gasteiger partial charge is 0.311 e. The molecule has 0 aromatic carbocycles. The zero-order valence-electron chi connectivity index (χ0n) is 18.9. The third-order valence-electron chi connectivity index (χ3n) is 4.05. The number of ether oxygens (including phenoxy) is 2. The molecule has 0 bridgehead atoms. The Kier molecular flexibility index (Phi) is 8.86. The molecule has 0 aliphatic carbocycles. The van der Waals surface area contributed by atoms with E-state index in [9.17, 15) is 9.59 Å². The quantitative estimate of drug-likeness (QED) is 0.381. The number of unbranched alkanes of at least 4 members (excludes halogenated alkanes) is 1. The maximum atomic E-state index is 12.2. The molecule has 0 saturated carbocycles. The van der Waals surface area contributed by atoms with E-state index in [2.05, 4.69) is 41.5 Å². The molecule has 4 nitrogen and oxygen atoms in total. The summed E-state index contributed by atoms with van der Waals surface area (Å²) < 4.78 is 10.8. The van der Waals surface area contributed by atoms with Crippen LogP contribution in [0, 0.1) is 21.7 Å². The largest absolute Gasteiger partial charge is 0.465 e. The Bertz CT molecular complexity index is 418. The van der Waals surface area contributed by atoms with Gasteiger partial charge in [0.1, 0.15) is 0 Å². The number of carbonyl (C=O) groups excluding carboxylic acids is 2. The van der Waals surface area contributed by atoms with Gasteiger partial charge in [0.2, 0.25) is 0 Å². The van der Waals surface area contributed by atoms with Gasteiger partial charge in [-0.05, 0) is 64.2 Å². The van der Waals surface area contributed by atoms with E-state index in [0.717, 1.165) is 12.8 Å². The molecule has 0 fully saturated rings. The minimum atomic E-state index is -0.484. The van der Waals surface area contributed by atoms with Crippen LogP contribution in [0.3, 0.4) is 0 Å². The summed E-state index contributed by atoms with van der Waals surface area (Å²) >= 11 is 0. The van der Waals surface area contributed by atoms with Gasteiger partial charge >= 0.3 is 11.9 Å². The van der Waals surface area contributed by atoms with Crippen molar-refractivity contribution in [3.8, 4) is 0 Å². The van der Waals surface area contributed by atoms with E-state index in [4.69, 9.17) is 9.47 Å². The Morgan fingerprint density at radius 3 is 1.08 bits per heavy atom. The van der Waals surface area contributed by atoms with Crippen LogP contribution in [0.1, 0.15) is 94.9 Å². The van der Waals surface area contributed by atoms with Crippen LogP contribution >= 0.6 is 0 Å². The Morgan fingerprint density at radius 1 is 0.577 bits per heavy atom. The first-order chi connectivity index (χ1) is 11.5. The molecule has 0 aromatic rings. The normalized spacial score (nSPS) is 13.5. The fourth-order valence-corrected chi connectivity index (χ4v) is 3.72. The van der Waals surface area contributed by atoms with Crippen molar-refractivity contribution in [1.82, 2.24) is 0 Å². The zero-order chi connectivity index (χ0) is 20.8. The van der Waals surface area contributed by atoms with E-state index < -0.39 is 10.8 Å². The van der Waals surface area contributed by atoms with Crippen molar-refractivity contribution < 1.29 is 19.1 Å². The van der Waals surface area contributed by atoms with Crippen LogP contribution in [0.15, 0.2) is 0 Å². The molecule has 154 valence electrons. The van der Waals surface area contributed by atoms with E-state index >= 15 is 0 Å². The van der Waals surface area contributed by atoms with Crippen molar-refractivity contribution in [2.45, 2.75) is 94.9 Å². The van der Waals surface area contributed by atoms with Gasteiger partial charge in [0.25, 0.3) is 0 Å². The molecular formula is C22H42O4. The highest BCUT2D eigenvalue weighted by Gasteiger charge is 2.34.